The molecule has 0 aliphatic heterocycles. The van der Waals surface area contributed by atoms with Crippen molar-refractivity contribution in [3.63, 3.8) is 0 Å². The van der Waals surface area contributed by atoms with Crippen molar-refractivity contribution in [2.45, 2.75) is 76.0 Å². The van der Waals surface area contributed by atoms with E-state index in [-0.39, 0.29) is 11.2 Å². The van der Waals surface area contributed by atoms with Gasteiger partial charge < -0.3 is 5.32 Å². The third-order valence-electron chi connectivity index (χ3n) is 5.67. The number of fused-ring (bicyclic) bond motifs is 1. The van der Waals surface area contributed by atoms with E-state index in [1.165, 1.54) is 30.2 Å². The molecule has 1 N–H and O–H groups in total. The van der Waals surface area contributed by atoms with Crippen molar-refractivity contribution in [3.05, 3.63) is 52.2 Å². The summed E-state index contributed by atoms with van der Waals surface area (Å²) in [5.74, 6) is -0.0383. The Balaban J connectivity index is 1.82. The largest absolute Gasteiger partial charge is 0.325 e. The second-order valence-corrected chi connectivity index (χ2v) is 8.92. The third-order valence-corrected chi connectivity index (χ3v) is 7.03. The van der Waals surface area contributed by atoms with E-state index >= 15 is 0 Å². The molecule has 152 valence electrons. The van der Waals surface area contributed by atoms with Gasteiger partial charge in [0.1, 0.15) is 11.1 Å². The Hall–Kier alpha value is -2.32. The van der Waals surface area contributed by atoms with Crippen molar-refractivity contribution in [1.29, 1.82) is 5.26 Å². The Labute approximate surface area is 178 Å². The third kappa shape index (κ3) is 5.19. The molecule has 1 aromatic heterocycles. The molecule has 1 aliphatic rings. The lowest BCUT2D eigenvalue weighted by molar-refractivity contribution is -0.115. The molecule has 5 heteroatoms. The first kappa shape index (κ1) is 21.4. The van der Waals surface area contributed by atoms with Crippen LogP contribution >= 0.6 is 11.8 Å². The van der Waals surface area contributed by atoms with Gasteiger partial charge in [-0.3, -0.25) is 4.79 Å². The van der Waals surface area contributed by atoms with E-state index in [9.17, 15) is 10.1 Å². The van der Waals surface area contributed by atoms with Gasteiger partial charge in [0, 0.05) is 11.4 Å². The van der Waals surface area contributed by atoms with Crippen molar-refractivity contribution < 1.29 is 4.79 Å². The average Bonchev–Trinajstić information content (AvgIpc) is 2.70. The number of hydrogen-bond donors (Lipinski definition) is 1. The van der Waals surface area contributed by atoms with Crippen molar-refractivity contribution in [1.82, 2.24) is 4.98 Å². The Morgan fingerprint density at radius 2 is 2.00 bits per heavy atom. The highest BCUT2D eigenvalue weighted by Gasteiger charge is 2.23. The first-order valence-electron chi connectivity index (χ1n) is 10.5. The van der Waals surface area contributed by atoms with E-state index in [1.54, 1.807) is 0 Å². The number of rotatable bonds is 5. The molecule has 1 aliphatic carbocycles. The molecular formula is C24H29N3OS. The molecule has 0 fully saturated rings. The monoisotopic (exact) mass is 407 g/mol. The lowest BCUT2D eigenvalue weighted by atomic mass is 9.96. The smallest absolute Gasteiger partial charge is 0.237 e. The molecule has 1 heterocycles. The van der Waals surface area contributed by atoms with E-state index < -0.39 is 0 Å². The highest BCUT2D eigenvalue weighted by molar-refractivity contribution is 8.00. The summed E-state index contributed by atoms with van der Waals surface area (Å²) in [5.41, 5.74) is 5.98. The highest BCUT2D eigenvalue weighted by atomic mass is 32.2. The summed E-state index contributed by atoms with van der Waals surface area (Å²) in [4.78, 5) is 17.8. The minimum Gasteiger partial charge on any atom is -0.325 e. The molecule has 4 nitrogen and oxygen atoms in total. The molecule has 29 heavy (non-hydrogen) atoms. The van der Waals surface area contributed by atoms with Crippen LogP contribution in [0.2, 0.25) is 0 Å². The fraction of sp³-hybridized carbons (Fsp3) is 0.458. The topological polar surface area (TPSA) is 65.8 Å². The molecule has 1 unspecified atom stereocenters. The molecule has 3 rings (SSSR count). The first-order valence-corrected chi connectivity index (χ1v) is 11.4. The number of nitriles is 1. The number of amides is 1. The van der Waals surface area contributed by atoms with Crippen LogP contribution in [0.4, 0.5) is 5.69 Å². The predicted octanol–water partition coefficient (Wildman–Crippen LogP) is 5.74. The van der Waals surface area contributed by atoms with Crippen LogP contribution in [0.5, 0.6) is 0 Å². The molecule has 0 saturated heterocycles. The number of nitrogens with zero attached hydrogens (tertiary/aromatic N) is 2. The fourth-order valence-corrected chi connectivity index (χ4v) is 4.69. The summed E-state index contributed by atoms with van der Waals surface area (Å²) in [7, 11) is 0. The summed E-state index contributed by atoms with van der Waals surface area (Å²) in [6.45, 7) is 6.06. The number of nitrogens with one attached hydrogen (secondary N) is 1. The number of thioether (sulfide) groups is 1. The number of pyridine rings is 1. The van der Waals surface area contributed by atoms with Gasteiger partial charge in [-0.05, 0) is 74.8 Å². The van der Waals surface area contributed by atoms with Crippen LogP contribution in [0.3, 0.4) is 0 Å². The maximum absolute atomic E-state index is 13.0. The standard InChI is InChI=1S/C24H29N3OS/c1-4-22(23(28)26-20-13-9-10-16(2)17(20)3)29-24-19(15-25)14-18-11-7-5-6-8-12-21(18)27-24/h9-10,13-14,22H,4-8,11-12H2,1-3H3,(H,26,28). The molecule has 2 aromatic rings. The molecular weight excluding hydrogens is 378 g/mol. The SMILES string of the molecule is CCC(Sc1nc2c(cc1C#N)CCCCCC2)C(=O)Nc1cccc(C)c1C. The first-order chi connectivity index (χ1) is 14.0. The fourth-order valence-electron chi connectivity index (χ4n) is 3.69. The van der Waals surface area contributed by atoms with Crippen LogP contribution in [0, 0.1) is 25.2 Å². The van der Waals surface area contributed by atoms with Gasteiger partial charge in [0.15, 0.2) is 0 Å². The van der Waals surface area contributed by atoms with Gasteiger partial charge in [0.2, 0.25) is 5.91 Å². The summed E-state index contributed by atoms with van der Waals surface area (Å²) < 4.78 is 0. The zero-order valence-electron chi connectivity index (χ0n) is 17.5. The van der Waals surface area contributed by atoms with Crippen LogP contribution in [-0.4, -0.2) is 16.1 Å². The number of benzene rings is 1. The minimum atomic E-state index is -0.291. The molecule has 0 bridgehead atoms. The lowest BCUT2D eigenvalue weighted by Crippen LogP contribution is -2.25. The van der Waals surface area contributed by atoms with Gasteiger partial charge in [0.05, 0.1) is 10.8 Å². The maximum atomic E-state index is 13.0. The van der Waals surface area contributed by atoms with Gasteiger partial charge in [0.25, 0.3) is 0 Å². The summed E-state index contributed by atoms with van der Waals surface area (Å²) >= 11 is 1.42. The molecule has 1 amide bonds. The van der Waals surface area contributed by atoms with Crippen LogP contribution in [-0.2, 0) is 17.6 Å². The van der Waals surface area contributed by atoms with E-state index in [4.69, 9.17) is 4.98 Å². The van der Waals surface area contributed by atoms with Crippen molar-refractivity contribution in [3.8, 4) is 6.07 Å². The number of carbonyl (C=O) groups excluding carboxylic acids is 1. The molecule has 1 aromatic carbocycles. The van der Waals surface area contributed by atoms with E-state index in [0.29, 0.717) is 17.0 Å². The second-order valence-electron chi connectivity index (χ2n) is 7.72. The zero-order chi connectivity index (χ0) is 20.8. The van der Waals surface area contributed by atoms with E-state index in [0.717, 1.165) is 48.2 Å². The summed E-state index contributed by atoms with van der Waals surface area (Å²) in [5, 5.41) is 13.1. The number of carbonyl (C=O) groups is 1. The quantitative estimate of drug-likeness (QED) is 0.642. The normalized spacial score (nSPS) is 14.8. The average molecular weight is 408 g/mol. The van der Waals surface area contributed by atoms with E-state index in [1.807, 2.05) is 45.0 Å². The molecule has 0 spiro atoms. The Kier molecular flexibility index (Phi) is 7.33. The van der Waals surface area contributed by atoms with Crippen molar-refractivity contribution >= 4 is 23.4 Å². The summed E-state index contributed by atoms with van der Waals surface area (Å²) in [6, 6.07) is 10.2. The number of hydrogen-bond acceptors (Lipinski definition) is 4. The molecule has 1 atom stereocenters. The van der Waals surface area contributed by atoms with Crippen LogP contribution in [0.25, 0.3) is 0 Å². The maximum Gasteiger partial charge on any atom is 0.237 e. The Morgan fingerprint density at radius 3 is 2.72 bits per heavy atom. The lowest BCUT2D eigenvalue weighted by Gasteiger charge is -2.19. The van der Waals surface area contributed by atoms with E-state index in [2.05, 4.69) is 11.4 Å². The summed E-state index contributed by atoms with van der Waals surface area (Å²) in [6.07, 6.45) is 7.40. The molecule has 0 radical (unpaired) electrons. The van der Waals surface area contributed by atoms with Crippen LogP contribution in [0.1, 0.15) is 67.0 Å². The Morgan fingerprint density at radius 1 is 1.24 bits per heavy atom. The van der Waals surface area contributed by atoms with Crippen molar-refractivity contribution in [2.24, 2.45) is 0 Å². The number of anilines is 1. The predicted molar refractivity (Wildman–Crippen MR) is 119 cm³/mol. The second kappa shape index (κ2) is 9.93. The van der Waals surface area contributed by atoms with Crippen molar-refractivity contribution in [2.75, 3.05) is 5.32 Å². The highest BCUT2D eigenvalue weighted by Crippen LogP contribution is 2.31. The number of aryl methyl sites for hydroxylation is 3. The zero-order valence-corrected chi connectivity index (χ0v) is 18.4. The Bertz CT molecular complexity index is 932. The van der Waals surface area contributed by atoms with Crippen LogP contribution < -0.4 is 5.32 Å². The van der Waals surface area contributed by atoms with Crippen LogP contribution in [0.15, 0.2) is 29.3 Å². The van der Waals surface area contributed by atoms with Gasteiger partial charge in [-0.25, -0.2) is 4.98 Å². The molecule has 0 saturated carbocycles. The van der Waals surface area contributed by atoms with Gasteiger partial charge in [-0.15, -0.1) is 0 Å². The van der Waals surface area contributed by atoms with Gasteiger partial charge in [-0.1, -0.05) is 43.7 Å². The van der Waals surface area contributed by atoms with Gasteiger partial charge in [-0.2, -0.15) is 5.26 Å². The minimum absolute atomic E-state index is 0.0383. The van der Waals surface area contributed by atoms with Gasteiger partial charge >= 0.3 is 0 Å². The number of aromatic nitrogens is 1.